The molecule has 2 unspecified atom stereocenters. The van der Waals surface area contributed by atoms with Gasteiger partial charge in [0, 0.05) is 83.1 Å². The number of likely N-dealkylation sites (tertiary alicyclic amines) is 1. The molecule has 11 nitrogen and oxygen atoms in total. The van der Waals surface area contributed by atoms with Gasteiger partial charge in [-0.05, 0) is 87.0 Å². The minimum atomic E-state index is -1.09. The number of rotatable bonds is 7. The average Bonchev–Trinajstić information content (AvgIpc) is 3.71. The molecule has 0 aromatic heterocycles. The third-order valence-corrected chi connectivity index (χ3v) is 12.3. The van der Waals surface area contributed by atoms with E-state index in [1.54, 1.807) is 35.3 Å². The number of phenols is 1. The van der Waals surface area contributed by atoms with E-state index in [0.29, 0.717) is 46.6 Å². The molecule has 6 N–H and O–H groups in total. The standard InChI is InChI=1S/C44H45N7O4/c45-34-20-25-50(39(34)26-35(46)31-4-1-2-7-40(31)52)30-10-8-27(9-11-30)28-16-21-48(22-17-28)29-18-23-49(24-19-29)36-13-12-33-42-32(36)5-3-6-37(42)51(44(33)55)38-14-15-41(53)47-43(38)54/h1-13,20,25-26,28-29,38,43,45,54H,14-19,21-24H2,(H3,46,47,52,53)/p+1. The number of benzene rings is 4. The summed E-state index contributed by atoms with van der Waals surface area (Å²) in [5, 5.41) is 34.0. The average molecular weight is 737 g/mol. The van der Waals surface area contributed by atoms with Crippen LogP contribution in [0.4, 0.5) is 17.1 Å². The lowest BCUT2D eigenvalue weighted by Crippen LogP contribution is -2.56. The summed E-state index contributed by atoms with van der Waals surface area (Å²) in [5.41, 5.74) is 13.3. The van der Waals surface area contributed by atoms with Gasteiger partial charge in [0.1, 0.15) is 17.7 Å². The molecule has 280 valence electrons. The third-order valence-electron chi connectivity index (χ3n) is 12.3. The van der Waals surface area contributed by atoms with Crippen LogP contribution >= 0.6 is 0 Å². The molecule has 0 aliphatic carbocycles. The van der Waals surface area contributed by atoms with E-state index in [9.17, 15) is 19.8 Å². The van der Waals surface area contributed by atoms with Crippen molar-refractivity contribution in [3.05, 3.63) is 114 Å². The number of piperidine rings is 3. The minimum Gasteiger partial charge on any atom is -0.507 e. The summed E-state index contributed by atoms with van der Waals surface area (Å²) in [6.45, 7) is 4.04. The Bertz CT molecular complexity index is 2300. The fraction of sp³-hybridized carbons (Fsp3) is 0.318. The first-order valence-corrected chi connectivity index (χ1v) is 19.4. The summed E-state index contributed by atoms with van der Waals surface area (Å²) < 4.78 is 1.97. The largest absolute Gasteiger partial charge is 0.507 e. The first kappa shape index (κ1) is 35.0. The van der Waals surface area contributed by atoms with Gasteiger partial charge in [-0.3, -0.25) is 15.0 Å². The van der Waals surface area contributed by atoms with Crippen LogP contribution in [0.25, 0.3) is 16.5 Å². The molecule has 5 aliphatic heterocycles. The molecule has 0 spiro atoms. The summed E-state index contributed by atoms with van der Waals surface area (Å²) >= 11 is 0. The number of nitrogens with one attached hydrogen (secondary N) is 2. The lowest BCUT2D eigenvalue weighted by molar-refractivity contribution is -0.354. The van der Waals surface area contributed by atoms with Crippen LogP contribution in [-0.4, -0.2) is 87.4 Å². The van der Waals surface area contributed by atoms with Crippen molar-refractivity contribution in [3.63, 3.8) is 0 Å². The van der Waals surface area contributed by atoms with Crippen molar-refractivity contribution in [1.29, 1.82) is 5.41 Å². The van der Waals surface area contributed by atoms with Crippen LogP contribution in [0.2, 0.25) is 0 Å². The number of para-hydroxylation sites is 1. The fourth-order valence-corrected chi connectivity index (χ4v) is 9.37. The number of carbonyl (C=O) groups excluding carboxylic acids is 2. The molecule has 5 aliphatic rings. The Labute approximate surface area is 320 Å². The molecule has 0 radical (unpaired) electrons. The Morgan fingerprint density at radius 1 is 0.873 bits per heavy atom. The van der Waals surface area contributed by atoms with E-state index in [4.69, 9.17) is 11.1 Å². The van der Waals surface area contributed by atoms with E-state index >= 15 is 0 Å². The Morgan fingerprint density at radius 3 is 2.38 bits per heavy atom. The number of amides is 2. The van der Waals surface area contributed by atoms with Crippen LogP contribution < -0.4 is 20.9 Å². The van der Waals surface area contributed by atoms with Crippen LogP contribution in [0.5, 0.6) is 5.75 Å². The predicted octanol–water partition coefficient (Wildman–Crippen LogP) is 5.58. The second kappa shape index (κ2) is 14.1. The van der Waals surface area contributed by atoms with Crippen molar-refractivity contribution >= 4 is 56.8 Å². The van der Waals surface area contributed by atoms with Crippen LogP contribution in [0.3, 0.4) is 0 Å². The highest BCUT2D eigenvalue weighted by molar-refractivity contribution is 6.49. The molecule has 0 saturated carbocycles. The second-order valence-electron chi connectivity index (χ2n) is 15.3. The Kier molecular flexibility index (Phi) is 8.98. The summed E-state index contributed by atoms with van der Waals surface area (Å²) in [6.07, 6.45) is 9.41. The SMILES string of the molecule is N=C1C=C[N+](c2ccc(C3CCN(C4CCN(c5ccc6c7c(cccc57)N(C5CCC(=O)NC5O)C6=O)CC4)CC3)cc2)=C1/C=C(\N)c1ccccc1O. The van der Waals surface area contributed by atoms with Gasteiger partial charge in [-0.2, -0.15) is 4.58 Å². The zero-order chi connectivity index (χ0) is 37.8. The number of nitrogens with zero attached hydrogens (tertiary/aromatic N) is 4. The zero-order valence-corrected chi connectivity index (χ0v) is 30.7. The highest BCUT2D eigenvalue weighted by Crippen LogP contribution is 2.44. The van der Waals surface area contributed by atoms with Crippen molar-refractivity contribution in [2.24, 2.45) is 5.73 Å². The number of aromatic hydroxyl groups is 1. The maximum Gasteiger partial charge on any atom is 0.259 e. The van der Waals surface area contributed by atoms with Gasteiger partial charge in [0.05, 0.1) is 11.7 Å². The molecule has 11 heteroatoms. The van der Waals surface area contributed by atoms with Crippen LogP contribution in [0.15, 0.2) is 97.2 Å². The van der Waals surface area contributed by atoms with Crippen molar-refractivity contribution in [2.45, 2.75) is 62.8 Å². The van der Waals surface area contributed by atoms with E-state index in [1.165, 1.54) is 5.56 Å². The van der Waals surface area contributed by atoms with Gasteiger partial charge >= 0.3 is 0 Å². The lowest BCUT2D eigenvalue weighted by Gasteiger charge is -2.42. The number of allylic oxidation sites excluding steroid dienone is 2. The number of anilines is 2. The molecule has 9 rings (SSSR count). The van der Waals surface area contributed by atoms with Crippen LogP contribution in [0.1, 0.15) is 65.9 Å². The fourth-order valence-electron chi connectivity index (χ4n) is 9.37. The van der Waals surface area contributed by atoms with E-state index in [0.717, 1.165) is 79.7 Å². The molecule has 4 aromatic rings. The van der Waals surface area contributed by atoms with Gasteiger partial charge in [0.2, 0.25) is 17.3 Å². The Balaban J connectivity index is 0.832. The number of phenolic OH excluding ortho intramolecular Hbond substituents is 1. The topological polar surface area (TPSA) is 149 Å². The normalized spacial score (nSPS) is 22.7. The summed E-state index contributed by atoms with van der Waals surface area (Å²) in [7, 11) is 0. The van der Waals surface area contributed by atoms with Crippen molar-refractivity contribution < 1.29 is 24.4 Å². The second-order valence-corrected chi connectivity index (χ2v) is 15.3. The van der Waals surface area contributed by atoms with E-state index in [2.05, 4.69) is 51.5 Å². The van der Waals surface area contributed by atoms with Crippen molar-refractivity contribution in [2.75, 3.05) is 36.0 Å². The zero-order valence-electron chi connectivity index (χ0n) is 30.7. The molecule has 3 saturated heterocycles. The molecular formula is C44H46N7O4+. The summed E-state index contributed by atoms with van der Waals surface area (Å²) in [4.78, 5) is 32.4. The lowest BCUT2D eigenvalue weighted by atomic mass is 9.88. The number of hydrogen-bond donors (Lipinski definition) is 5. The monoisotopic (exact) mass is 736 g/mol. The molecule has 4 aromatic carbocycles. The molecule has 0 bridgehead atoms. The molecule has 2 atom stereocenters. The van der Waals surface area contributed by atoms with Gasteiger partial charge in [-0.15, -0.1) is 0 Å². The van der Waals surface area contributed by atoms with Gasteiger partial charge in [0.15, 0.2) is 6.20 Å². The predicted molar refractivity (Wildman–Crippen MR) is 215 cm³/mol. The van der Waals surface area contributed by atoms with E-state index in [1.807, 2.05) is 35.0 Å². The van der Waals surface area contributed by atoms with Crippen LogP contribution in [-0.2, 0) is 4.79 Å². The first-order valence-electron chi connectivity index (χ1n) is 19.4. The molecule has 3 fully saturated rings. The Hall–Kier alpha value is -5.78. The number of aliphatic hydroxyl groups excluding tert-OH is 1. The van der Waals surface area contributed by atoms with E-state index < -0.39 is 12.3 Å². The molecule has 2 amide bonds. The molecule has 55 heavy (non-hydrogen) atoms. The van der Waals surface area contributed by atoms with Gasteiger partial charge in [-0.25, -0.2) is 0 Å². The minimum absolute atomic E-state index is 0.111. The summed E-state index contributed by atoms with van der Waals surface area (Å²) in [6, 6.07) is 25.8. The number of carbonyl (C=O) groups is 2. The van der Waals surface area contributed by atoms with E-state index in [-0.39, 0.29) is 24.0 Å². The van der Waals surface area contributed by atoms with Gasteiger partial charge in [-0.1, -0.05) is 36.4 Å². The van der Waals surface area contributed by atoms with Gasteiger partial charge < -0.3 is 36.0 Å². The van der Waals surface area contributed by atoms with Crippen molar-refractivity contribution in [1.82, 2.24) is 10.2 Å². The van der Waals surface area contributed by atoms with Crippen LogP contribution in [0, 0.1) is 5.41 Å². The first-order chi connectivity index (χ1) is 26.7. The number of aliphatic hydroxyl groups is 1. The van der Waals surface area contributed by atoms with Crippen molar-refractivity contribution in [3.8, 4) is 5.75 Å². The maximum absolute atomic E-state index is 13.7. The summed E-state index contributed by atoms with van der Waals surface area (Å²) in [5.74, 6) is 0.302. The quantitative estimate of drug-likeness (QED) is 0.156. The third kappa shape index (κ3) is 6.27. The highest BCUT2D eigenvalue weighted by Gasteiger charge is 2.41. The maximum atomic E-state index is 13.7. The number of hydrogen-bond acceptors (Lipinski definition) is 8. The van der Waals surface area contributed by atoms with Gasteiger partial charge in [0.25, 0.3) is 5.91 Å². The molecule has 5 heterocycles. The smallest absolute Gasteiger partial charge is 0.259 e. The Morgan fingerprint density at radius 2 is 1.64 bits per heavy atom. The molecular weight excluding hydrogens is 691 g/mol. The number of nitrogens with two attached hydrogens (primary N) is 1. The highest BCUT2D eigenvalue weighted by atomic mass is 16.3.